The fourth-order valence-electron chi connectivity index (χ4n) is 2.56. The summed E-state index contributed by atoms with van der Waals surface area (Å²) in [5.74, 6) is -0.874. The van der Waals surface area contributed by atoms with Crippen molar-refractivity contribution in [3.8, 4) is 0 Å². The summed E-state index contributed by atoms with van der Waals surface area (Å²) in [5.41, 5.74) is 2.23. The molecule has 0 fully saturated rings. The lowest BCUT2D eigenvalue weighted by molar-refractivity contribution is -0.123. The van der Waals surface area contributed by atoms with Crippen molar-refractivity contribution in [2.24, 2.45) is 0 Å². The molecule has 1 amide bonds. The smallest absolute Gasteiger partial charge is 0.339 e. The van der Waals surface area contributed by atoms with Gasteiger partial charge in [-0.05, 0) is 42.8 Å². The normalized spacial score (nSPS) is 11.8. The first kappa shape index (κ1) is 16.7. The van der Waals surface area contributed by atoms with Crippen molar-refractivity contribution in [3.63, 3.8) is 0 Å². The number of ether oxygens (including phenoxy) is 1. The van der Waals surface area contributed by atoms with Gasteiger partial charge >= 0.3 is 5.97 Å². The molecule has 1 N–H and O–H groups in total. The molecule has 126 valence electrons. The number of fused-ring (bicyclic) bond motifs is 1. The number of carbonyl (C=O) groups excluding carboxylic acids is 2. The summed E-state index contributed by atoms with van der Waals surface area (Å²) in [4.78, 5) is 24.7. The third-order valence-corrected chi connectivity index (χ3v) is 3.98. The molecule has 0 unspecified atom stereocenters. The van der Waals surface area contributed by atoms with Gasteiger partial charge in [-0.15, -0.1) is 0 Å². The SMILES string of the molecule is Cc1ccc(NC(=O)[C@H](C)OC(=O)c2cccc3ccccc23)cc1. The number of hydrogen-bond donors (Lipinski definition) is 1. The third kappa shape index (κ3) is 3.86. The highest BCUT2D eigenvalue weighted by Gasteiger charge is 2.20. The first-order valence-corrected chi connectivity index (χ1v) is 8.11. The van der Waals surface area contributed by atoms with Gasteiger partial charge in [-0.2, -0.15) is 0 Å². The van der Waals surface area contributed by atoms with Crippen molar-refractivity contribution in [2.45, 2.75) is 20.0 Å². The molecule has 1 atom stereocenters. The molecule has 0 bridgehead atoms. The molecular weight excluding hydrogens is 314 g/mol. The third-order valence-electron chi connectivity index (χ3n) is 3.98. The number of aryl methyl sites for hydroxylation is 1. The molecule has 0 aliphatic carbocycles. The van der Waals surface area contributed by atoms with Crippen molar-refractivity contribution in [2.75, 3.05) is 5.32 Å². The monoisotopic (exact) mass is 333 g/mol. The zero-order valence-corrected chi connectivity index (χ0v) is 14.2. The molecular formula is C21H19NO3. The van der Waals surface area contributed by atoms with Crippen molar-refractivity contribution in [1.29, 1.82) is 0 Å². The molecule has 0 heterocycles. The summed E-state index contributed by atoms with van der Waals surface area (Å²) in [6.45, 7) is 3.53. The lowest BCUT2D eigenvalue weighted by Crippen LogP contribution is -2.30. The average Bonchev–Trinajstić information content (AvgIpc) is 2.63. The minimum absolute atomic E-state index is 0.363. The van der Waals surface area contributed by atoms with Crippen LogP contribution in [0, 0.1) is 6.92 Å². The van der Waals surface area contributed by atoms with E-state index in [-0.39, 0.29) is 5.91 Å². The number of amides is 1. The molecule has 3 aromatic rings. The zero-order chi connectivity index (χ0) is 17.8. The van der Waals surface area contributed by atoms with E-state index in [0.717, 1.165) is 16.3 Å². The van der Waals surface area contributed by atoms with Crippen LogP contribution < -0.4 is 5.32 Å². The summed E-state index contributed by atoms with van der Waals surface area (Å²) >= 11 is 0. The quantitative estimate of drug-likeness (QED) is 0.723. The Morgan fingerprint density at radius 2 is 1.60 bits per heavy atom. The number of anilines is 1. The maximum absolute atomic E-state index is 12.5. The lowest BCUT2D eigenvalue weighted by Gasteiger charge is -2.14. The van der Waals surface area contributed by atoms with Gasteiger partial charge in [-0.1, -0.05) is 54.1 Å². The topological polar surface area (TPSA) is 55.4 Å². The molecule has 0 radical (unpaired) electrons. The van der Waals surface area contributed by atoms with E-state index in [1.165, 1.54) is 0 Å². The molecule has 0 saturated carbocycles. The second kappa shape index (κ2) is 7.18. The molecule has 3 rings (SSSR count). The highest BCUT2D eigenvalue weighted by atomic mass is 16.5. The fourth-order valence-corrected chi connectivity index (χ4v) is 2.56. The number of benzene rings is 3. The molecule has 0 aliphatic rings. The van der Waals surface area contributed by atoms with Crippen LogP contribution in [0.5, 0.6) is 0 Å². The van der Waals surface area contributed by atoms with Gasteiger partial charge in [0.2, 0.25) is 0 Å². The maximum atomic E-state index is 12.5. The lowest BCUT2D eigenvalue weighted by atomic mass is 10.0. The van der Waals surface area contributed by atoms with E-state index < -0.39 is 12.1 Å². The van der Waals surface area contributed by atoms with Crippen molar-refractivity contribution in [3.05, 3.63) is 77.9 Å². The number of nitrogens with one attached hydrogen (secondary N) is 1. The summed E-state index contributed by atoms with van der Waals surface area (Å²) < 4.78 is 5.35. The van der Waals surface area contributed by atoms with Gasteiger partial charge < -0.3 is 10.1 Å². The van der Waals surface area contributed by atoms with E-state index in [2.05, 4.69) is 5.32 Å². The average molecular weight is 333 g/mol. The molecule has 4 nitrogen and oxygen atoms in total. The second-order valence-electron chi connectivity index (χ2n) is 5.93. The van der Waals surface area contributed by atoms with E-state index in [1.54, 1.807) is 19.1 Å². The van der Waals surface area contributed by atoms with Gasteiger partial charge in [0.25, 0.3) is 5.91 Å². The Labute approximate surface area is 146 Å². The van der Waals surface area contributed by atoms with E-state index in [0.29, 0.717) is 11.3 Å². The van der Waals surface area contributed by atoms with Gasteiger partial charge in [0, 0.05) is 5.69 Å². The molecule has 0 saturated heterocycles. The van der Waals surface area contributed by atoms with Crippen molar-refractivity contribution < 1.29 is 14.3 Å². The molecule has 0 spiro atoms. The highest BCUT2D eigenvalue weighted by Crippen LogP contribution is 2.20. The zero-order valence-electron chi connectivity index (χ0n) is 14.2. The van der Waals surface area contributed by atoms with E-state index in [1.807, 2.05) is 61.5 Å². The summed E-state index contributed by atoms with van der Waals surface area (Å²) in [7, 11) is 0. The van der Waals surface area contributed by atoms with Gasteiger partial charge in [0.05, 0.1) is 5.56 Å². The van der Waals surface area contributed by atoms with Crippen LogP contribution in [-0.4, -0.2) is 18.0 Å². The second-order valence-corrected chi connectivity index (χ2v) is 5.93. The first-order chi connectivity index (χ1) is 12.0. The van der Waals surface area contributed by atoms with Crippen LogP contribution in [-0.2, 0) is 9.53 Å². The Bertz CT molecular complexity index is 911. The number of rotatable bonds is 4. The number of hydrogen-bond acceptors (Lipinski definition) is 3. The fraction of sp³-hybridized carbons (Fsp3) is 0.143. The van der Waals surface area contributed by atoms with Gasteiger partial charge in [0.1, 0.15) is 0 Å². The Morgan fingerprint density at radius 3 is 2.36 bits per heavy atom. The Morgan fingerprint density at radius 1 is 0.920 bits per heavy atom. The first-order valence-electron chi connectivity index (χ1n) is 8.11. The van der Waals surface area contributed by atoms with Crippen molar-refractivity contribution >= 4 is 28.3 Å². The predicted molar refractivity (Wildman–Crippen MR) is 98.6 cm³/mol. The standard InChI is InChI=1S/C21H19NO3/c1-14-10-12-17(13-11-14)22-20(23)15(2)25-21(24)19-9-5-7-16-6-3-4-8-18(16)19/h3-13,15H,1-2H3,(H,22,23)/t15-/m0/s1. The van der Waals surface area contributed by atoms with Crippen LogP contribution in [0.2, 0.25) is 0 Å². The number of esters is 1. The maximum Gasteiger partial charge on any atom is 0.339 e. The van der Waals surface area contributed by atoms with E-state index >= 15 is 0 Å². The van der Waals surface area contributed by atoms with E-state index in [4.69, 9.17) is 4.74 Å². The molecule has 4 heteroatoms. The molecule has 0 aliphatic heterocycles. The van der Waals surface area contributed by atoms with Crippen LogP contribution >= 0.6 is 0 Å². The van der Waals surface area contributed by atoms with Crippen LogP contribution in [0.15, 0.2) is 66.7 Å². The molecule has 0 aromatic heterocycles. The van der Waals surface area contributed by atoms with Gasteiger partial charge in [-0.3, -0.25) is 4.79 Å². The molecule has 25 heavy (non-hydrogen) atoms. The minimum Gasteiger partial charge on any atom is -0.449 e. The van der Waals surface area contributed by atoms with Crippen LogP contribution in [0.4, 0.5) is 5.69 Å². The van der Waals surface area contributed by atoms with Crippen LogP contribution in [0.25, 0.3) is 10.8 Å². The Hall–Kier alpha value is -3.14. The summed E-state index contributed by atoms with van der Waals surface area (Å²) in [6.07, 6.45) is -0.896. The largest absolute Gasteiger partial charge is 0.449 e. The number of carbonyl (C=O) groups is 2. The minimum atomic E-state index is -0.896. The van der Waals surface area contributed by atoms with Crippen molar-refractivity contribution in [1.82, 2.24) is 0 Å². The Balaban J connectivity index is 1.71. The predicted octanol–water partition coefficient (Wildman–Crippen LogP) is 4.33. The van der Waals surface area contributed by atoms with E-state index in [9.17, 15) is 9.59 Å². The summed E-state index contributed by atoms with van der Waals surface area (Å²) in [6, 6.07) is 20.4. The van der Waals surface area contributed by atoms with Crippen LogP contribution in [0.1, 0.15) is 22.8 Å². The summed E-state index contributed by atoms with van der Waals surface area (Å²) in [5, 5.41) is 4.51. The van der Waals surface area contributed by atoms with Crippen LogP contribution in [0.3, 0.4) is 0 Å². The molecule has 3 aromatic carbocycles. The van der Waals surface area contributed by atoms with Gasteiger partial charge in [-0.25, -0.2) is 4.79 Å². The van der Waals surface area contributed by atoms with Gasteiger partial charge in [0.15, 0.2) is 6.10 Å². The Kier molecular flexibility index (Phi) is 4.80. The highest BCUT2D eigenvalue weighted by molar-refractivity contribution is 6.05.